The maximum Gasteiger partial charge on any atom is 0.491 e. The van der Waals surface area contributed by atoms with Gasteiger partial charge in [-0.2, -0.15) is 13.2 Å². The van der Waals surface area contributed by atoms with Gasteiger partial charge in [0.25, 0.3) is 5.56 Å². The van der Waals surface area contributed by atoms with Crippen LogP contribution in [0, 0.1) is 6.92 Å². The molecule has 0 saturated carbocycles. The van der Waals surface area contributed by atoms with Gasteiger partial charge < -0.3 is 23.8 Å². The van der Waals surface area contributed by atoms with Crippen LogP contribution < -0.4 is 29.8 Å². The van der Waals surface area contributed by atoms with Gasteiger partial charge in [-0.15, -0.1) is 0 Å². The Morgan fingerprint density at radius 2 is 1.73 bits per heavy atom. The van der Waals surface area contributed by atoms with E-state index in [9.17, 15) is 22.8 Å². The van der Waals surface area contributed by atoms with Crippen molar-refractivity contribution in [2.45, 2.75) is 13.1 Å². The normalized spacial score (nSPS) is 11.6. The van der Waals surface area contributed by atoms with Gasteiger partial charge in [-0.1, -0.05) is 0 Å². The monoisotopic (exact) mass is 562 g/mol. The van der Waals surface area contributed by atoms with E-state index in [1.165, 1.54) is 26.4 Å². The highest BCUT2D eigenvalue weighted by atomic mass is 19.4. The average Bonchev–Trinajstić information content (AvgIpc) is 2.88. The zero-order chi connectivity index (χ0) is 29.2. The molecule has 0 atom stereocenters. The molecule has 0 aliphatic rings. The van der Waals surface area contributed by atoms with E-state index in [-0.39, 0.29) is 29.8 Å². The van der Waals surface area contributed by atoms with Gasteiger partial charge in [-0.05, 0) is 39.2 Å². The number of H-pyrrole nitrogens is 1. The smallest absolute Gasteiger partial charge is 0.491 e. The molecule has 4 aromatic rings. The van der Waals surface area contributed by atoms with Gasteiger partial charge in [-0.3, -0.25) is 15.1 Å². The standard InChI is InChI=1S/C25H25F3N6O6/c1-12-13-10-17(37-4)18(38-5)11-15(13)31-23(29-12)33-24-30-14-6-7-16(39-9-8-34(2)3)20(19(14)21(35)32-24)40-22(36)25(26,27)28/h6-7,10-11H,8-9H2,1-5H3,(H2,29,30,31,32,33,35). The summed E-state index contributed by atoms with van der Waals surface area (Å²) in [7, 11) is 6.53. The van der Waals surface area contributed by atoms with Crippen LogP contribution >= 0.6 is 0 Å². The minimum atomic E-state index is -5.30. The number of alkyl halides is 3. The van der Waals surface area contributed by atoms with E-state index in [1.54, 1.807) is 38.1 Å². The summed E-state index contributed by atoms with van der Waals surface area (Å²) in [5.74, 6) is -2.52. The second kappa shape index (κ2) is 11.2. The Balaban J connectivity index is 1.75. The van der Waals surface area contributed by atoms with Crippen LogP contribution in [0.5, 0.6) is 23.0 Å². The number of carbonyl (C=O) groups is 1. The lowest BCUT2D eigenvalue weighted by Gasteiger charge is -2.16. The highest BCUT2D eigenvalue weighted by Gasteiger charge is 2.42. The van der Waals surface area contributed by atoms with Crippen LogP contribution in [0.15, 0.2) is 29.1 Å². The third-order valence-electron chi connectivity index (χ3n) is 5.63. The number of fused-ring (bicyclic) bond motifs is 2. The van der Waals surface area contributed by atoms with Crippen LogP contribution in [0.4, 0.5) is 25.1 Å². The van der Waals surface area contributed by atoms with Crippen molar-refractivity contribution in [1.82, 2.24) is 24.8 Å². The number of esters is 1. The molecule has 0 amide bonds. The number of aromatic nitrogens is 4. The number of hydrogen-bond donors (Lipinski definition) is 2. The summed E-state index contributed by atoms with van der Waals surface area (Å²) in [6, 6.07) is 6.01. The number of aromatic amines is 1. The van der Waals surface area contributed by atoms with Crippen LogP contribution in [-0.2, 0) is 4.79 Å². The first-order valence-electron chi connectivity index (χ1n) is 11.7. The number of nitrogens with one attached hydrogen (secondary N) is 2. The lowest BCUT2D eigenvalue weighted by molar-refractivity contribution is -0.189. The molecule has 4 rings (SSSR count). The molecule has 0 spiro atoms. The molecule has 0 unspecified atom stereocenters. The summed E-state index contributed by atoms with van der Waals surface area (Å²) in [6.07, 6.45) is -5.30. The number of nitrogens with zero attached hydrogens (tertiary/aromatic N) is 4. The molecule has 0 fully saturated rings. The Morgan fingerprint density at radius 3 is 2.38 bits per heavy atom. The molecule has 0 bridgehead atoms. The van der Waals surface area contributed by atoms with E-state index in [0.717, 1.165) is 0 Å². The van der Waals surface area contributed by atoms with Crippen LogP contribution in [-0.4, -0.2) is 78.4 Å². The fourth-order valence-corrected chi connectivity index (χ4v) is 3.72. The first kappa shape index (κ1) is 28.4. The third-order valence-corrected chi connectivity index (χ3v) is 5.63. The average molecular weight is 563 g/mol. The number of rotatable bonds is 9. The lowest BCUT2D eigenvalue weighted by atomic mass is 10.1. The maximum absolute atomic E-state index is 13.1. The molecule has 0 saturated heterocycles. The summed E-state index contributed by atoms with van der Waals surface area (Å²) >= 11 is 0. The number of anilines is 2. The number of carbonyl (C=O) groups excluding carboxylic acids is 1. The largest absolute Gasteiger partial charge is 0.493 e. The zero-order valence-electron chi connectivity index (χ0n) is 22.1. The first-order valence-corrected chi connectivity index (χ1v) is 11.7. The number of halogens is 3. The number of likely N-dealkylation sites (N-methyl/N-ethyl adjacent to an activating group) is 1. The molecule has 212 valence electrons. The quantitative estimate of drug-likeness (QED) is 0.229. The molecule has 0 aliphatic carbocycles. The fourth-order valence-electron chi connectivity index (χ4n) is 3.72. The van der Waals surface area contributed by atoms with Crippen molar-refractivity contribution < 1.29 is 36.9 Å². The Morgan fingerprint density at radius 1 is 1.02 bits per heavy atom. The van der Waals surface area contributed by atoms with Crippen molar-refractivity contribution in [3.05, 3.63) is 40.3 Å². The summed E-state index contributed by atoms with van der Waals surface area (Å²) < 4.78 is 59.8. The van der Waals surface area contributed by atoms with E-state index < -0.39 is 28.8 Å². The third kappa shape index (κ3) is 5.98. The van der Waals surface area contributed by atoms with Gasteiger partial charge in [0.05, 0.1) is 30.9 Å². The number of ether oxygens (including phenoxy) is 4. The molecule has 2 heterocycles. The minimum Gasteiger partial charge on any atom is -0.493 e. The lowest BCUT2D eigenvalue weighted by Crippen LogP contribution is -2.29. The highest BCUT2D eigenvalue weighted by Crippen LogP contribution is 2.36. The van der Waals surface area contributed by atoms with Crippen molar-refractivity contribution in [2.24, 2.45) is 0 Å². The second-order valence-electron chi connectivity index (χ2n) is 8.72. The van der Waals surface area contributed by atoms with Crippen LogP contribution in [0.1, 0.15) is 5.69 Å². The van der Waals surface area contributed by atoms with Crippen molar-refractivity contribution >= 4 is 39.7 Å². The van der Waals surface area contributed by atoms with Crippen LogP contribution in [0.25, 0.3) is 21.8 Å². The maximum atomic E-state index is 13.1. The first-order chi connectivity index (χ1) is 18.9. The molecule has 40 heavy (non-hydrogen) atoms. The van der Waals surface area contributed by atoms with Gasteiger partial charge in [0.15, 0.2) is 23.0 Å². The van der Waals surface area contributed by atoms with Gasteiger partial charge in [-0.25, -0.2) is 19.7 Å². The fraction of sp³-hybridized carbons (Fsp3) is 0.320. The number of benzene rings is 2. The Kier molecular flexibility index (Phi) is 7.95. The van der Waals surface area contributed by atoms with Crippen molar-refractivity contribution in [3.63, 3.8) is 0 Å². The molecule has 0 radical (unpaired) electrons. The number of aryl methyl sites for hydroxylation is 1. The van der Waals surface area contributed by atoms with Crippen molar-refractivity contribution in [2.75, 3.05) is 46.8 Å². The molecular weight excluding hydrogens is 537 g/mol. The van der Waals surface area contributed by atoms with E-state index in [1.807, 2.05) is 0 Å². The molecule has 2 aromatic carbocycles. The molecule has 12 nitrogen and oxygen atoms in total. The van der Waals surface area contributed by atoms with Gasteiger partial charge in [0.2, 0.25) is 11.9 Å². The Bertz CT molecular complexity index is 1640. The molecule has 0 aliphatic heterocycles. The van der Waals surface area contributed by atoms with E-state index in [4.69, 9.17) is 14.2 Å². The molecule has 2 N–H and O–H groups in total. The number of hydrogen-bond acceptors (Lipinski definition) is 11. The Labute approximate surface area is 225 Å². The molecule has 2 aromatic heterocycles. The van der Waals surface area contributed by atoms with Crippen LogP contribution in [0.2, 0.25) is 0 Å². The summed E-state index contributed by atoms with van der Waals surface area (Å²) in [4.78, 5) is 42.0. The zero-order valence-corrected chi connectivity index (χ0v) is 22.1. The van der Waals surface area contributed by atoms with E-state index in [2.05, 4.69) is 30.0 Å². The topological polar surface area (TPSA) is 141 Å². The Hall–Kier alpha value is -4.66. The highest BCUT2D eigenvalue weighted by molar-refractivity contribution is 5.91. The summed E-state index contributed by atoms with van der Waals surface area (Å²) in [6.45, 7) is 2.21. The second-order valence-corrected chi connectivity index (χ2v) is 8.72. The van der Waals surface area contributed by atoms with Gasteiger partial charge in [0.1, 0.15) is 12.0 Å². The van der Waals surface area contributed by atoms with Crippen molar-refractivity contribution in [1.29, 1.82) is 0 Å². The summed E-state index contributed by atoms with van der Waals surface area (Å²) in [5, 5.41) is 3.09. The predicted molar refractivity (Wildman–Crippen MR) is 139 cm³/mol. The van der Waals surface area contributed by atoms with Gasteiger partial charge in [0, 0.05) is 18.0 Å². The molecule has 15 heteroatoms. The summed E-state index contributed by atoms with van der Waals surface area (Å²) in [5.41, 5.74) is 0.133. The predicted octanol–water partition coefficient (Wildman–Crippen LogP) is 3.34. The van der Waals surface area contributed by atoms with Crippen molar-refractivity contribution in [3.8, 4) is 23.0 Å². The number of methoxy groups -OCH3 is 2. The molecular formula is C25H25F3N6O6. The van der Waals surface area contributed by atoms with E-state index >= 15 is 0 Å². The SMILES string of the molecule is COc1cc2nc(Nc3nc4ccc(OCCN(C)C)c(OC(=O)C(F)(F)F)c4c(=O)[nH]3)nc(C)c2cc1OC. The van der Waals surface area contributed by atoms with Gasteiger partial charge >= 0.3 is 12.1 Å². The minimum absolute atomic E-state index is 0.0510. The van der Waals surface area contributed by atoms with Crippen LogP contribution in [0.3, 0.4) is 0 Å². The van der Waals surface area contributed by atoms with E-state index in [0.29, 0.717) is 34.6 Å².